The van der Waals surface area contributed by atoms with E-state index in [1.807, 2.05) is 13.8 Å². The van der Waals surface area contributed by atoms with E-state index in [1.54, 1.807) is 12.3 Å². The number of esters is 1. The molecule has 0 saturated carbocycles. The molecule has 2 aliphatic heterocycles. The maximum absolute atomic E-state index is 11.0. The summed E-state index contributed by atoms with van der Waals surface area (Å²) >= 11 is 0. The molecule has 0 amide bonds. The molecule has 0 radical (unpaired) electrons. The third-order valence-corrected chi connectivity index (χ3v) is 2.94. The van der Waals surface area contributed by atoms with Gasteiger partial charge >= 0.3 is 5.97 Å². The van der Waals surface area contributed by atoms with Crippen LogP contribution in [0.25, 0.3) is 0 Å². The molecule has 2 heterocycles. The third-order valence-electron chi connectivity index (χ3n) is 2.94. The SMILES string of the molecule is CC(=O)O[C@H]1C=CO[C@@H]2COC(C)(C)OC[C@@H]12. The quantitative estimate of drug-likeness (QED) is 0.647. The third kappa shape index (κ3) is 2.98. The van der Waals surface area contributed by atoms with Gasteiger partial charge in [-0.05, 0) is 19.9 Å². The van der Waals surface area contributed by atoms with E-state index in [4.69, 9.17) is 18.9 Å². The van der Waals surface area contributed by atoms with Crippen LogP contribution in [0.2, 0.25) is 0 Å². The molecule has 2 aliphatic rings. The van der Waals surface area contributed by atoms with Gasteiger partial charge in [0, 0.05) is 6.92 Å². The Kier molecular flexibility index (Phi) is 3.40. The summed E-state index contributed by atoms with van der Waals surface area (Å²) in [5.41, 5.74) is 0. The Morgan fingerprint density at radius 1 is 1.35 bits per heavy atom. The van der Waals surface area contributed by atoms with Crippen molar-refractivity contribution in [2.45, 2.75) is 38.8 Å². The molecular weight excluding hydrogens is 224 g/mol. The first kappa shape index (κ1) is 12.4. The van der Waals surface area contributed by atoms with Crippen LogP contribution in [0, 0.1) is 5.92 Å². The first-order valence-corrected chi connectivity index (χ1v) is 5.75. The number of fused-ring (bicyclic) bond motifs is 1. The first-order chi connectivity index (χ1) is 7.98. The summed E-state index contributed by atoms with van der Waals surface area (Å²) in [6, 6.07) is 0. The minimum Gasteiger partial charge on any atom is -0.495 e. The Balaban J connectivity index is 2.09. The van der Waals surface area contributed by atoms with Gasteiger partial charge in [-0.1, -0.05) is 0 Å². The van der Waals surface area contributed by atoms with Crippen LogP contribution in [0.3, 0.4) is 0 Å². The molecule has 1 saturated heterocycles. The normalized spacial score (nSPS) is 35.4. The van der Waals surface area contributed by atoms with E-state index < -0.39 is 5.79 Å². The second-order valence-corrected chi connectivity index (χ2v) is 4.76. The summed E-state index contributed by atoms with van der Waals surface area (Å²) in [5, 5.41) is 0. The summed E-state index contributed by atoms with van der Waals surface area (Å²) in [7, 11) is 0. The van der Waals surface area contributed by atoms with E-state index in [2.05, 4.69) is 0 Å². The summed E-state index contributed by atoms with van der Waals surface area (Å²) in [5.74, 6) is -0.947. The highest BCUT2D eigenvalue weighted by atomic mass is 16.7. The highest BCUT2D eigenvalue weighted by Crippen LogP contribution is 2.29. The molecule has 0 N–H and O–H groups in total. The van der Waals surface area contributed by atoms with Crippen molar-refractivity contribution in [1.82, 2.24) is 0 Å². The zero-order valence-electron chi connectivity index (χ0n) is 10.3. The van der Waals surface area contributed by atoms with E-state index in [0.29, 0.717) is 13.2 Å². The Morgan fingerprint density at radius 3 is 2.76 bits per heavy atom. The second-order valence-electron chi connectivity index (χ2n) is 4.76. The van der Waals surface area contributed by atoms with E-state index in [1.165, 1.54) is 6.92 Å². The van der Waals surface area contributed by atoms with Crippen molar-refractivity contribution < 1.29 is 23.7 Å². The molecule has 0 aliphatic carbocycles. The topological polar surface area (TPSA) is 54.0 Å². The highest BCUT2D eigenvalue weighted by Gasteiger charge is 2.40. The van der Waals surface area contributed by atoms with Crippen LogP contribution in [0.1, 0.15) is 20.8 Å². The average Bonchev–Trinajstić information content (AvgIpc) is 2.38. The molecule has 0 bridgehead atoms. The van der Waals surface area contributed by atoms with E-state index >= 15 is 0 Å². The van der Waals surface area contributed by atoms with Crippen LogP contribution in [0.4, 0.5) is 0 Å². The predicted octanol–water partition coefficient (Wildman–Crippen LogP) is 1.23. The highest BCUT2D eigenvalue weighted by molar-refractivity contribution is 5.66. The van der Waals surface area contributed by atoms with Crippen molar-refractivity contribution >= 4 is 5.97 Å². The Labute approximate surface area is 101 Å². The van der Waals surface area contributed by atoms with Gasteiger partial charge in [0.25, 0.3) is 0 Å². The molecule has 0 aromatic rings. The lowest BCUT2D eigenvalue weighted by Gasteiger charge is -2.31. The van der Waals surface area contributed by atoms with Crippen LogP contribution in [0.15, 0.2) is 12.3 Å². The maximum Gasteiger partial charge on any atom is 0.303 e. The Hall–Kier alpha value is -1.07. The van der Waals surface area contributed by atoms with Crippen LogP contribution in [-0.4, -0.2) is 37.2 Å². The molecule has 1 fully saturated rings. The van der Waals surface area contributed by atoms with Crippen LogP contribution >= 0.6 is 0 Å². The number of carbonyl (C=O) groups is 1. The van der Waals surface area contributed by atoms with Crippen molar-refractivity contribution in [2.75, 3.05) is 13.2 Å². The average molecular weight is 242 g/mol. The molecule has 3 atom stereocenters. The number of hydrogen-bond acceptors (Lipinski definition) is 5. The van der Waals surface area contributed by atoms with Crippen LogP contribution in [-0.2, 0) is 23.7 Å². The van der Waals surface area contributed by atoms with E-state index in [9.17, 15) is 4.79 Å². The molecule has 17 heavy (non-hydrogen) atoms. The number of hydrogen-bond donors (Lipinski definition) is 0. The van der Waals surface area contributed by atoms with Crippen LogP contribution < -0.4 is 0 Å². The Bertz CT molecular complexity index is 323. The van der Waals surface area contributed by atoms with Gasteiger partial charge in [0.1, 0.15) is 12.2 Å². The predicted molar refractivity (Wildman–Crippen MR) is 59.0 cm³/mol. The van der Waals surface area contributed by atoms with Gasteiger partial charge in [-0.3, -0.25) is 4.79 Å². The molecule has 0 aromatic heterocycles. The van der Waals surface area contributed by atoms with E-state index in [-0.39, 0.29) is 24.1 Å². The molecule has 2 rings (SSSR count). The van der Waals surface area contributed by atoms with Crippen molar-refractivity contribution in [2.24, 2.45) is 5.92 Å². The Morgan fingerprint density at radius 2 is 2.06 bits per heavy atom. The molecule has 96 valence electrons. The van der Waals surface area contributed by atoms with E-state index in [0.717, 1.165) is 0 Å². The number of rotatable bonds is 1. The lowest BCUT2D eigenvalue weighted by molar-refractivity contribution is -0.204. The van der Waals surface area contributed by atoms with Crippen molar-refractivity contribution in [3.63, 3.8) is 0 Å². The molecule has 5 heteroatoms. The number of carbonyl (C=O) groups excluding carboxylic acids is 1. The standard InChI is InChI=1S/C12H18O5/c1-8(13)17-10-4-5-14-11-7-16-12(2,3)15-6-9(10)11/h4-5,9-11H,6-7H2,1-3H3/t9-,10-,11+/m0/s1. The number of ether oxygens (including phenoxy) is 4. The first-order valence-electron chi connectivity index (χ1n) is 5.75. The molecule has 0 unspecified atom stereocenters. The fourth-order valence-corrected chi connectivity index (χ4v) is 1.98. The summed E-state index contributed by atoms with van der Waals surface area (Å²) in [6.07, 6.45) is 2.87. The van der Waals surface area contributed by atoms with Gasteiger partial charge in [0.2, 0.25) is 0 Å². The monoisotopic (exact) mass is 242 g/mol. The second kappa shape index (κ2) is 4.66. The van der Waals surface area contributed by atoms with Gasteiger partial charge < -0.3 is 18.9 Å². The van der Waals surface area contributed by atoms with Crippen molar-refractivity contribution in [1.29, 1.82) is 0 Å². The lowest BCUT2D eigenvalue weighted by Crippen LogP contribution is -2.41. The minimum atomic E-state index is -0.624. The zero-order chi connectivity index (χ0) is 12.5. The summed E-state index contributed by atoms with van der Waals surface area (Å²) in [6.45, 7) is 5.99. The molecular formula is C12H18O5. The minimum absolute atomic E-state index is 0.0225. The van der Waals surface area contributed by atoms with Crippen LogP contribution in [0.5, 0.6) is 0 Å². The van der Waals surface area contributed by atoms with Crippen molar-refractivity contribution in [3.8, 4) is 0 Å². The van der Waals surface area contributed by atoms with Gasteiger partial charge in [-0.15, -0.1) is 0 Å². The fourth-order valence-electron chi connectivity index (χ4n) is 1.98. The largest absolute Gasteiger partial charge is 0.495 e. The lowest BCUT2D eigenvalue weighted by atomic mass is 9.95. The van der Waals surface area contributed by atoms with Crippen molar-refractivity contribution in [3.05, 3.63) is 12.3 Å². The molecule has 5 nitrogen and oxygen atoms in total. The smallest absolute Gasteiger partial charge is 0.303 e. The van der Waals surface area contributed by atoms with Gasteiger partial charge in [-0.25, -0.2) is 0 Å². The van der Waals surface area contributed by atoms with Gasteiger partial charge in [0.15, 0.2) is 5.79 Å². The van der Waals surface area contributed by atoms with Gasteiger partial charge in [-0.2, -0.15) is 0 Å². The fraction of sp³-hybridized carbons (Fsp3) is 0.750. The maximum atomic E-state index is 11.0. The zero-order valence-corrected chi connectivity index (χ0v) is 10.3. The summed E-state index contributed by atoms with van der Waals surface area (Å²) in [4.78, 5) is 11.0. The molecule has 0 aromatic carbocycles. The molecule has 0 spiro atoms. The van der Waals surface area contributed by atoms with Gasteiger partial charge in [0.05, 0.1) is 25.4 Å². The summed E-state index contributed by atoms with van der Waals surface area (Å²) < 4.78 is 22.0.